The lowest BCUT2D eigenvalue weighted by Gasteiger charge is -2.41. The van der Waals surface area contributed by atoms with Crippen LogP contribution in [-0.2, 0) is 20.7 Å². The minimum absolute atomic E-state index is 0.0359. The van der Waals surface area contributed by atoms with E-state index in [1.54, 1.807) is 0 Å². The summed E-state index contributed by atoms with van der Waals surface area (Å²) in [6.45, 7) is 10.2. The third-order valence-electron chi connectivity index (χ3n) is 6.13. The average molecular weight is 406 g/mol. The van der Waals surface area contributed by atoms with Crippen molar-refractivity contribution in [3.8, 4) is 0 Å². The van der Waals surface area contributed by atoms with Crippen LogP contribution in [-0.4, -0.2) is 45.0 Å². The van der Waals surface area contributed by atoms with Gasteiger partial charge in [-0.1, -0.05) is 51.5 Å². The first kappa shape index (κ1) is 21.2. The lowest BCUT2D eigenvalue weighted by atomic mass is 9.64. The van der Waals surface area contributed by atoms with E-state index >= 15 is 0 Å². The van der Waals surface area contributed by atoms with Crippen molar-refractivity contribution in [2.45, 2.75) is 70.3 Å². The first-order chi connectivity index (χ1) is 13.1. The highest BCUT2D eigenvalue weighted by Crippen LogP contribution is 2.44. The molecule has 0 amide bonds. The van der Waals surface area contributed by atoms with E-state index in [0.717, 1.165) is 31.9 Å². The molecule has 28 heavy (non-hydrogen) atoms. The summed E-state index contributed by atoms with van der Waals surface area (Å²) in [5, 5.41) is 6.62. The number of benzene rings is 1. The van der Waals surface area contributed by atoms with E-state index in [1.807, 2.05) is 6.92 Å². The van der Waals surface area contributed by atoms with Crippen LogP contribution in [0.2, 0.25) is 0 Å². The van der Waals surface area contributed by atoms with Crippen LogP contribution < -0.4 is 10.6 Å². The molecule has 1 aromatic carbocycles. The Morgan fingerprint density at radius 3 is 2.36 bits per heavy atom. The number of hydrogen-bond donors (Lipinski definition) is 2. The third-order valence-corrected chi connectivity index (χ3v) is 7.90. The number of rotatable bonds is 5. The average Bonchev–Trinajstić information content (AvgIpc) is 2.92. The van der Waals surface area contributed by atoms with Gasteiger partial charge in [-0.25, -0.2) is 8.42 Å². The maximum Gasteiger partial charge on any atom is 0.191 e. The highest BCUT2D eigenvalue weighted by Gasteiger charge is 2.39. The van der Waals surface area contributed by atoms with Crippen LogP contribution in [0.15, 0.2) is 29.3 Å². The SMILES string of the molecule is CCNC(=NCC1(c2ccc(C(C)(C)C)cc2)CCC1)NC1CCS(=O)(=O)C1. The summed E-state index contributed by atoms with van der Waals surface area (Å²) in [5.41, 5.74) is 3.00. The van der Waals surface area contributed by atoms with Gasteiger partial charge in [-0.2, -0.15) is 0 Å². The van der Waals surface area contributed by atoms with Gasteiger partial charge in [0, 0.05) is 18.0 Å². The van der Waals surface area contributed by atoms with Crippen molar-refractivity contribution in [2.24, 2.45) is 4.99 Å². The Morgan fingerprint density at radius 2 is 1.89 bits per heavy atom. The predicted octanol–water partition coefficient (Wildman–Crippen LogP) is 3.15. The first-order valence-corrected chi connectivity index (χ1v) is 12.3. The van der Waals surface area contributed by atoms with Crippen LogP contribution in [0.4, 0.5) is 0 Å². The van der Waals surface area contributed by atoms with Crippen molar-refractivity contribution in [2.75, 3.05) is 24.6 Å². The predicted molar refractivity (Wildman–Crippen MR) is 117 cm³/mol. The third kappa shape index (κ3) is 4.88. The Labute approximate surface area is 170 Å². The number of sulfone groups is 1. The maximum absolute atomic E-state index is 11.7. The number of nitrogens with zero attached hydrogens (tertiary/aromatic N) is 1. The van der Waals surface area contributed by atoms with E-state index in [2.05, 4.69) is 55.7 Å². The van der Waals surface area contributed by atoms with Crippen LogP contribution in [0, 0.1) is 0 Å². The zero-order chi connectivity index (χ0) is 20.4. The Bertz CT molecular complexity index is 803. The van der Waals surface area contributed by atoms with E-state index in [-0.39, 0.29) is 28.4 Å². The zero-order valence-electron chi connectivity index (χ0n) is 17.7. The lowest BCUT2D eigenvalue weighted by molar-refractivity contribution is 0.253. The second kappa shape index (κ2) is 8.05. The first-order valence-electron chi connectivity index (χ1n) is 10.5. The van der Waals surface area contributed by atoms with Gasteiger partial charge in [-0.15, -0.1) is 0 Å². The van der Waals surface area contributed by atoms with Crippen LogP contribution in [0.3, 0.4) is 0 Å². The molecule has 6 heteroatoms. The van der Waals surface area contributed by atoms with Gasteiger partial charge in [0.15, 0.2) is 15.8 Å². The van der Waals surface area contributed by atoms with Crippen molar-refractivity contribution >= 4 is 15.8 Å². The van der Waals surface area contributed by atoms with Gasteiger partial charge in [0.1, 0.15) is 0 Å². The summed E-state index contributed by atoms with van der Waals surface area (Å²) in [6, 6.07) is 9.03. The molecule has 0 spiro atoms. The number of nitrogens with one attached hydrogen (secondary N) is 2. The van der Waals surface area contributed by atoms with Crippen LogP contribution >= 0.6 is 0 Å². The molecule has 1 saturated heterocycles. The van der Waals surface area contributed by atoms with Crippen LogP contribution in [0.25, 0.3) is 0 Å². The van der Waals surface area contributed by atoms with Crippen molar-refractivity contribution in [1.82, 2.24) is 10.6 Å². The standard InChI is InChI=1S/C22H35N3O2S/c1-5-23-20(25-19-11-14-28(26,27)15-19)24-16-22(12-6-13-22)18-9-7-17(8-10-18)21(2,3)4/h7-10,19H,5-6,11-16H2,1-4H3,(H2,23,24,25). The molecule has 0 bridgehead atoms. The summed E-state index contributed by atoms with van der Waals surface area (Å²) < 4.78 is 23.5. The topological polar surface area (TPSA) is 70.6 Å². The molecule has 2 N–H and O–H groups in total. The van der Waals surface area contributed by atoms with Gasteiger partial charge in [-0.05, 0) is 42.7 Å². The smallest absolute Gasteiger partial charge is 0.191 e. The molecule has 5 nitrogen and oxygen atoms in total. The Hall–Kier alpha value is -1.56. The largest absolute Gasteiger partial charge is 0.357 e. The van der Waals surface area contributed by atoms with Crippen molar-refractivity contribution < 1.29 is 8.42 Å². The van der Waals surface area contributed by atoms with E-state index in [9.17, 15) is 8.42 Å². The molecule has 3 rings (SSSR count). The van der Waals surface area contributed by atoms with E-state index in [4.69, 9.17) is 4.99 Å². The monoisotopic (exact) mass is 405 g/mol. The second-order valence-electron chi connectivity index (χ2n) is 9.40. The molecule has 2 aliphatic rings. The van der Waals surface area contributed by atoms with Crippen molar-refractivity contribution in [1.29, 1.82) is 0 Å². The summed E-state index contributed by atoms with van der Waals surface area (Å²) in [4.78, 5) is 4.87. The van der Waals surface area contributed by atoms with Gasteiger partial charge < -0.3 is 10.6 Å². The Kier molecular flexibility index (Phi) is 6.08. The zero-order valence-corrected chi connectivity index (χ0v) is 18.5. The highest BCUT2D eigenvalue weighted by molar-refractivity contribution is 7.91. The molecular weight excluding hydrogens is 370 g/mol. The molecule has 1 saturated carbocycles. The molecule has 1 atom stereocenters. The molecule has 0 aromatic heterocycles. The van der Waals surface area contributed by atoms with Crippen LogP contribution in [0.1, 0.15) is 64.5 Å². The molecule has 1 unspecified atom stereocenters. The Balaban J connectivity index is 1.72. The lowest BCUT2D eigenvalue weighted by Crippen LogP contribution is -2.45. The summed E-state index contributed by atoms with van der Waals surface area (Å²) >= 11 is 0. The van der Waals surface area contributed by atoms with Gasteiger partial charge in [0.25, 0.3) is 0 Å². The van der Waals surface area contributed by atoms with E-state index in [1.165, 1.54) is 17.5 Å². The van der Waals surface area contributed by atoms with E-state index < -0.39 is 9.84 Å². The fourth-order valence-corrected chi connectivity index (χ4v) is 5.79. The minimum Gasteiger partial charge on any atom is -0.357 e. The molecule has 1 aliphatic carbocycles. The molecule has 2 fully saturated rings. The molecular formula is C22H35N3O2S. The van der Waals surface area contributed by atoms with E-state index in [0.29, 0.717) is 6.42 Å². The fourth-order valence-electron chi connectivity index (χ4n) is 4.12. The van der Waals surface area contributed by atoms with Crippen molar-refractivity contribution in [3.05, 3.63) is 35.4 Å². The number of aliphatic imine (C=N–C) groups is 1. The summed E-state index contributed by atoms with van der Waals surface area (Å²) in [6.07, 6.45) is 4.21. The van der Waals surface area contributed by atoms with Gasteiger partial charge in [-0.3, -0.25) is 4.99 Å². The number of hydrogen-bond acceptors (Lipinski definition) is 3. The maximum atomic E-state index is 11.7. The highest BCUT2D eigenvalue weighted by atomic mass is 32.2. The molecule has 1 aromatic rings. The van der Waals surface area contributed by atoms with Gasteiger partial charge in [0.2, 0.25) is 0 Å². The second-order valence-corrected chi connectivity index (χ2v) is 11.6. The number of guanidine groups is 1. The molecule has 156 valence electrons. The molecule has 0 radical (unpaired) electrons. The summed E-state index contributed by atoms with van der Waals surface area (Å²) in [5.74, 6) is 1.22. The normalized spacial score (nSPS) is 23.9. The van der Waals surface area contributed by atoms with Crippen molar-refractivity contribution in [3.63, 3.8) is 0 Å². The van der Waals surface area contributed by atoms with Gasteiger partial charge >= 0.3 is 0 Å². The summed E-state index contributed by atoms with van der Waals surface area (Å²) in [7, 11) is -2.90. The minimum atomic E-state index is -2.90. The quantitative estimate of drug-likeness (QED) is 0.583. The van der Waals surface area contributed by atoms with Crippen LogP contribution in [0.5, 0.6) is 0 Å². The Morgan fingerprint density at radius 1 is 1.21 bits per heavy atom. The molecule has 1 aliphatic heterocycles. The fraction of sp³-hybridized carbons (Fsp3) is 0.682. The van der Waals surface area contributed by atoms with Gasteiger partial charge in [0.05, 0.1) is 18.1 Å². The molecule has 1 heterocycles.